The summed E-state index contributed by atoms with van der Waals surface area (Å²) in [5, 5.41) is 4.38. The lowest BCUT2D eigenvalue weighted by Gasteiger charge is -2.08. The molecule has 26 heavy (non-hydrogen) atoms. The molecule has 0 amide bonds. The molecule has 3 aromatic rings. The van der Waals surface area contributed by atoms with Crippen LogP contribution in [0, 0.1) is 12.7 Å². The largest absolute Gasteiger partial charge is 0.490 e. The van der Waals surface area contributed by atoms with Gasteiger partial charge in [-0.3, -0.25) is 0 Å². The highest BCUT2D eigenvalue weighted by Gasteiger charge is 2.24. The van der Waals surface area contributed by atoms with Gasteiger partial charge < -0.3 is 14.0 Å². The molecule has 0 spiro atoms. The van der Waals surface area contributed by atoms with Crippen LogP contribution in [-0.4, -0.2) is 24.3 Å². The van der Waals surface area contributed by atoms with Crippen LogP contribution in [0.1, 0.15) is 16.1 Å². The van der Waals surface area contributed by atoms with E-state index in [0.29, 0.717) is 27.8 Å². The second kappa shape index (κ2) is 8.01. The Hall–Kier alpha value is -2.86. The summed E-state index contributed by atoms with van der Waals surface area (Å²) in [4.78, 5) is 12.4. The zero-order valence-electron chi connectivity index (χ0n) is 13.9. The van der Waals surface area contributed by atoms with Crippen molar-refractivity contribution >= 4 is 17.6 Å². The zero-order valence-corrected chi connectivity index (χ0v) is 14.6. The lowest BCUT2D eigenvalue weighted by atomic mass is 10.1. The van der Waals surface area contributed by atoms with Crippen molar-refractivity contribution in [2.75, 3.05) is 13.2 Å². The summed E-state index contributed by atoms with van der Waals surface area (Å²) in [7, 11) is 0. The number of benzene rings is 2. The Kier molecular flexibility index (Phi) is 5.53. The number of esters is 1. The minimum absolute atomic E-state index is 0.0167. The summed E-state index contributed by atoms with van der Waals surface area (Å²) in [6, 6.07) is 12.6. The fourth-order valence-corrected chi connectivity index (χ4v) is 2.57. The molecule has 0 fully saturated rings. The highest BCUT2D eigenvalue weighted by atomic mass is 35.5. The number of carbonyl (C=O) groups is 1. The molecule has 1 aromatic heterocycles. The van der Waals surface area contributed by atoms with Crippen molar-refractivity contribution in [2.24, 2.45) is 0 Å². The highest BCUT2D eigenvalue weighted by molar-refractivity contribution is 6.33. The predicted molar refractivity (Wildman–Crippen MR) is 93.9 cm³/mol. The summed E-state index contributed by atoms with van der Waals surface area (Å²) in [6.45, 7) is 1.77. The summed E-state index contributed by atoms with van der Waals surface area (Å²) in [5.41, 5.74) is 1.14. The van der Waals surface area contributed by atoms with Crippen molar-refractivity contribution < 1.29 is 23.2 Å². The van der Waals surface area contributed by atoms with Crippen molar-refractivity contribution in [2.45, 2.75) is 6.92 Å². The maximum Gasteiger partial charge on any atom is 0.344 e. The number of carbonyl (C=O) groups excluding carboxylic acids is 1. The predicted octanol–water partition coefficient (Wildman–Crippen LogP) is 4.68. The Morgan fingerprint density at radius 2 is 1.88 bits per heavy atom. The minimum atomic E-state index is -0.582. The molecule has 0 unspecified atom stereocenters. The second-order valence-corrected chi connectivity index (χ2v) is 5.79. The van der Waals surface area contributed by atoms with E-state index in [9.17, 15) is 9.18 Å². The molecule has 0 aliphatic heterocycles. The first kappa shape index (κ1) is 17.9. The quantitative estimate of drug-likeness (QED) is 0.462. The zero-order chi connectivity index (χ0) is 18.5. The average molecular weight is 376 g/mol. The molecular weight excluding hydrogens is 361 g/mol. The number of halogens is 2. The molecule has 7 heteroatoms. The van der Waals surface area contributed by atoms with Crippen LogP contribution in [0.4, 0.5) is 4.39 Å². The van der Waals surface area contributed by atoms with Gasteiger partial charge in [-0.1, -0.05) is 35.0 Å². The van der Waals surface area contributed by atoms with Crippen LogP contribution in [0.5, 0.6) is 5.75 Å². The van der Waals surface area contributed by atoms with E-state index in [4.69, 9.17) is 25.6 Å². The first-order valence-corrected chi connectivity index (χ1v) is 8.20. The molecule has 5 nitrogen and oxygen atoms in total. The van der Waals surface area contributed by atoms with E-state index in [1.165, 1.54) is 24.3 Å². The molecule has 0 saturated heterocycles. The van der Waals surface area contributed by atoms with E-state index in [1.54, 1.807) is 31.2 Å². The van der Waals surface area contributed by atoms with Gasteiger partial charge in [-0.2, -0.15) is 0 Å². The maximum atomic E-state index is 12.8. The van der Waals surface area contributed by atoms with Crippen molar-refractivity contribution in [1.29, 1.82) is 0 Å². The van der Waals surface area contributed by atoms with Gasteiger partial charge in [0.2, 0.25) is 0 Å². The second-order valence-electron chi connectivity index (χ2n) is 5.38. The first-order chi connectivity index (χ1) is 12.6. The number of rotatable bonds is 6. The van der Waals surface area contributed by atoms with Crippen LogP contribution in [0.25, 0.3) is 11.3 Å². The van der Waals surface area contributed by atoms with Crippen molar-refractivity contribution in [3.8, 4) is 17.0 Å². The Balaban J connectivity index is 1.64. The summed E-state index contributed by atoms with van der Waals surface area (Å²) in [5.74, 6) is -0.107. The SMILES string of the molecule is Cc1onc(-c2ccccc2Cl)c1C(=O)OCCOc1ccc(F)cc1. The monoisotopic (exact) mass is 375 g/mol. The lowest BCUT2D eigenvalue weighted by Crippen LogP contribution is -2.13. The summed E-state index contributed by atoms with van der Waals surface area (Å²) in [6.07, 6.45) is 0. The number of ether oxygens (including phenoxy) is 2. The third kappa shape index (κ3) is 4.03. The number of aromatic nitrogens is 1. The highest BCUT2D eigenvalue weighted by Crippen LogP contribution is 2.31. The molecule has 0 radical (unpaired) electrons. The van der Waals surface area contributed by atoms with Gasteiger partial charge in [-0.25, -0.2) is 9.18 Å². The fraction of sp³-hybridized carbons (Fsp3) is 0.158. The molecule has 1 heterocycles. The summed E-state index contributed by atoms with van der Waals surface area (Å²) < 4.78 is 28.6. The normalized spacial score (nSPS) is 10.6. The van der Waals surface area contributed by atoms with E-state index in [1.807, 2.05) is 0 Å². The van der Waals surface area contributed by atoms with E-state index in [-0.39, 0.29) is 24.6 Å². The van der Waals surface area contributed by atoms with Crippen LogP contribution in [-0.2, 0) is 4.74 Å². The van der Waals surface area contributed by atoms with Gasteiger partial charge in [0.1, 0.15) is 41.8 Å². The third-order valence-electron chi connectivity index (χ3n) is 3.59. The van der Waals surface area contributed by atoms with Crippen molar-refractivity contribution in [3.63, 3.8) is 0 Å². The fourth-order valence-electron chi connectivity index (χ4n) is 2.35. The van der Waals surface area contributed by atoms with Gasteiger partial charge in [-0.05, 0) is 37.3 Å². The molecule has 0 atom stereocenters. The van der Waals surface area contributed by atoms with E-state index in [2.05, 4.69) is 5.16 Å². The standard InChI is InChI=1S/C19H15ClFNO4/c1-12-17(18(22-26-12)15-4-2-3-5-16(15)20)19(23)25-11-10-24-14-8-6-13(21)7-9-14/h2-9H,10-11H2,1H3. The van der Waals surface area contributed by atoms with Crippen LogP contribution in [0.3, 0.4) is 0 Å². The average Bonchev–Trinajstić information content (AvgIpc) is 3.02. The molecule has 0 aliphatic rings. The smallest absolute Gasteiger partial charge is 0.344 e. The Morgan fingerprint density at radius 1 is 1.15 bits per heavy atom. The third-order valence-corrected chi connectivity index (χ3v) is 3.92. The van der Waals surface area contributed by atoms with E-state index >= 15 is 0 Å². The van der Waals surface area contributed by atoms with Gasteiger partial charge in [0.25, 0.3) is 0 Å². The molecular formula is C19H15ClFNO4. The topological polar surface area (TPSA) is 61.6 Å². The van der Waals surface area contributed by atoms with Gasteiger partial charge in [0, 0.05) is 5.56 Å². The first-order valence-electron chi connectivity index (χ1n) is 7.83. The molecule has 0 aliphatic carbocycles. The molecule has 134 valence electrons. The summed E-state index contributed by atoms with van der Waals surface area (Å²) >= 11 is 6.17. The number of hydrogen-bond acceptors (Lipinski definition) is 5. The van der Waals surface area contributed by atoms with Gasteiger partial charge in [0.15, 0.2) is 0 Å². The maximum absolute atomic E-state index is 12.8. The Morgan fingerprint density at radius 3 is 2.62 bits per heavy atom. The van der Waals surface area contributed by atoms with Gasteiger partial charge in [-0.15, -0.1) is 0 Å². The van der Waals surface area contributed by atoms with Crippen molar-refractivity contribution in [3.05, 3.63) is 70.7 Å². The van der Waals surface area contributed by atoms with Crippen LogP contribution < -0.4 is 4.74 Å². The number of hydrogen-bond donors (Lipinski definition) is 0. The molecule has 0 bridgehead atoms. The van der Waals surface area contributed by atoms with Crippen molar-refractivity contribution in [1.82, 2.24) is 5.16 Å². The lowest BCUT2D eigenvalue weighted by molar-refractivity contribution is 0.0449. The molecule has 2 aromatic carbocycles. The molecule has 0 N–H and O–H groups in total. The minimum Gasteiger partial charge on any atom is -0.490 e. The van der Waals surface area contributed by atoms with E-state index < -0.39 is 5.97 Å². The molecule has 3 rings (SSSR count). The Bertz CT molecular complexity index is 908. The van der Waals surface area contributed by atoms with Gasteiger partial charge in [0.05, 0.1) is 5.02 Å². The van der Waals surface area contributed by atoms with Crippen LogP contribution >= 0.6 is 11.6 Å². The van der Waals surface area contributed by atoms with Gasteiger partial charge >= 0.3 is 5.97 Å². The number of nitrogens with zero attached hydrogens (tertiary/aromatic N) is 1. The molecule has 0 saturated carbocycles. The van der Waals surface area contributed by atoms with E-state index in [0.717, 1.165) is 0 Å². The van der Waals surface area contributed by atoms with Crippen LogP contribution in [0.2, 0.25) is 5.02 Å². The Labute approximate surface area is 154 Å². The number of aryl methyl sites for hydroxylation is 1. The van der Waals surface area contributed by atoms with Crippen LogP contribution in [0.15, 0.2) is 53.1 Å².